The highest BCUT2D eigenvalue weighted by Crippen LogP contribution is 2.55. The predicted molar refractivity (Wildman–Crippen MR) is 141 cm³/mol. The Morgan fingerprint density at radius 2 is 1.69 bits per heavy atom. The van der Waals surface area contributed by atoms with Crippen LogP contribution in [0.1, 0.15) is 61.4 Å². The lowest BCUT2D eigenvalue weighted by Gasteiger charge is -2.48. The summed E-state index contributed by atoms with van der Waals surface area (Å²) in [7, 11) is 0. The Morgan fingerprint density at radius 3 is 2.53 bits per heavy atom. The van der Waals surface area contributed by atoms with E-state index in [0.717, 1.165) is 45.0 Å². The first kappa shape index (κ1) is 22.0. The monoisotopic (exact) mass is 481 g/mol. The molecule has 1 aliphatic carbocycles. The molecule has 1 saturated heterocycles. The molecule has 1 saturated carbocycles. The third-order valence-electron chi connectivity index (χ3n) is 8.53. The van der Waals surface area contributed by atoms with Crippen molar-refractivity contribution in [3.05, 3.63) is 53.6 Å². The Morgan fingerprint density at radius 1 is 0.944 bits per heavy atom. The minimum Gasteiger partial charge on any atom is -0.487 e. The van der Waals surface area contributed by atoms with E-state index in [1.807, 2.05) is 23.1 Å². The summed E-state index contributed by atoms with van der Waals surface area (Å²) in [6, 6.07) is 14.1. The predicted octanol–water partition coefficient (Wildman–Crippen LogP) is 5.85. The quantitative estimate of drug-likeness (QED) is 0.252. The van der Waals surface area contributed by atoms with Crippen molar-refractivity contribution in [2.45, 2.75) is 51.0 Å². The van der Waals surface area contributed by atoms with E-state index < -0.39 is 0 Å². The second-order valence-electron chi connectivity index (χ2n) is 11.0. The van der Waals surface area contributed by atoms with Gasteiger partial charge < -0.3 is 14.4 Å². The van der Waals surface area contributed by atoms with Gasteiger partial charge in [0.15, 0.2) is 0 Å². The molecule has 2 atom stereocenters. The number of ether oxygens (including phenoxy) is 2. The number of rotatable bonds is 1. The second kappa shape index (κ2) is 8.13. The number of benzene rings is 3. The van der Waals surface area contributed by atoms with Gasteiger partial charge in [0, 0.05) is 40.9 Å². The molecule has 3 aromatic carbocycles. The number of carbonyl (C=O) groups is 1. The van der Waals surface area contributed by atoms with E-state index >= 15 is 0 Å². The van der Waals surface area contributed by atoms with Crippen LogP contribution < -0.4 is 4.74 Å². The number of amides is 1. The second-order valence-corrected chi connectivity index (χ2v) is 11.0. The maximum atomic E-state index is 13.1. The summed E-state index contributed by atoms with van der Waals surface area (Å²) in [6.45, 7) is 6.91. The summed E-state index contributed by atoms with van der Waals surface area (Å²) in [6.07, 6.45) is 4.83. The topological polar surface area (TPSA) is 64.5 Å². The molecule has 4 aromatic rings. The third kappa shape index (κ3) is 3.30. The molecule has 6 heteroatoms. The standard InChI is InChI=1S/C30H31N3O3/c1-30(2)22-10-6-5-9-21(22)25-27-26(19-7-3-4-8-20(19)28(25)36-30)32-24-17-18(11-12-23(24)31-27)29(34)33-13-15-35-16-14-33/h3-4,7-8,11-12,17,21-22H,5-6,9-10,13-16H2,1-2H3. The van der Waals surface area contributed by atoms with Crippen LogP contribution in [0.3, 0.4) is 0 Å². The molecule has 2 unspecified atom stereocenters. The lowest BCUT2D eigenvalue weighted by Crippen LogP contribution is -2.46. The van der Waals surface area contributed by atoms with Gasteiger partial charge in [0.25, 0.3) is 5.91 Å². The molecular formula is C30H31N3O3. The fourth-order valence-electron chi connectivity index (χ4n) is 6.75. The summed E-state index contributed by atoms with van der Waals surface area (Å²) in [5, 5.41) is 2.15. The van der Waals surface area contributed by atoms with E-state index in [2.05, 4.69) is 38.1 Å². The Hall–Kier alpha value is -3.25. The molecule has 2 fully saturated rings. The van der Waals surface area contributed by atoms with Gasteiger partial charge >= 0.3 is 0 Å². The summed E-state index contributed by atoms with van der Waals surface area (Å²) < 4.78 is 12.2. The molecule has 1 aromatic heterocycles. The maximum absolute atomic E-state index is 13.1. The van der Waals surface area contributed by atoms with Gasteiger partial charge in [0.2, 0.25) is 0 Å². The normalized spacial score (nSPS) is 23.3. The molecule has 6 nitrogen and oxygen atoms in total. The van der Waals surface area contributed by atoms with Crippen molar-refractivity contribution in [3.63, 3.8) is 0 Å². The van der Waals surface area contributed by atoms with E-state index in [9.17, 15) is 4.79 Å². The van der Waals surface area contributed by atoms with Crippen LogP contribution in [0.15, 0.2) is 42.5 Å². The maximum Gasteiger partial charge on any atom is 0.254 e. The van der Waals surface area contributed by atoms with Crippen molar-refractivity contribution in [2.24, 2.45) is 5.92 Å². The minimum atomic E-state index is -0.215. The number of fused-ring (bicyclic) bond motifs is 9. The first-order valence-corrected chi connectivity index (χ1v) is 13.2. The highest BCUT2D eigenvalue weighted by Gasteiger charge is 2.46. The average Bonchev–Trinajstić information content (AvgIpc) is 2.92. The number of hydrogen-bond donors (Lipinski definition) is 0. The third-order valence-corrected chi connectivity index (χ3v) is 8.53. The van der Waals surface area contributed by atoms with Crippen molar-refractivity contribution in [1.82, 2.24) is 14.9 Å². The van der Waals surface area contributed by atoms with Gasteiger partial charge in [-0.25, -0.2) is 9.97 Å². The number of hydrogen-bond acceptors (Lipinski definition) is 5. The van der Waals surface area contributed by atoms with Crippen molar-refractivity contribution < 1.29 is 14.3 Å². The van der Waals surface area contributed by atoms with Gasteiger partial charge in [-0.1, -0.05) is 37.1 Å². The van der Waals surface area contributed by atoms with Gasteiger partial charge in [0.05, 0.1) is 35.3 Å². The number of morpholine rings is 1. The van der Waals surface area contributed by atoms with Crippen LogP contribution >= 0.6 is 0 Å². The molecule has 7 rings (SSSR count). The van der Waals surface area contributed by atoms with Crippen LogP contribution in [-0.2, 0) is 4.74 Å². The number of nitrogens with zero attached hydrogens (tertiary/aromatic N) is 3. The summed E-state index contributed by atoms with van der Waals surface area (Å²) in [4.78, 5) is 25.4. The molecular weight excluding hydrogens is 450 g/mol. The van der Waals surface area contributed by atoms with Crippen LogP contribution in [-0.4, -0.2) is 52.7 Å². The lowest BCUT2D eigenvalue weighted by molar-refractivity contribution is -0.00409. The van der Waals surface area contributed by atoms with E-state index in [1.54, 1.807) is 0 Å². The van der Waals surface area contributed by atoms with Crippen molar-refractivity contribution >= 4 is 38.7 Å². The van der Waals surface area contributed by atoms with Crippen LogP contribution in [0, 0.1) is 5.92 Å². The zero-order chi connectivity index (χ0) is 24.4. The highest BCUT2D eigenvalue weighted by molar-refractivity contribution is 6.11. The van der Waals surface area contributed by atoms with Crippen LogP contribution in [0.5, 0.6) is 5.75 Å². The fourth-order valence-corrected chi connectivity index (χ4v) is 6.75. The van der Waals surface area contributed by atoms with Crippen molar-refractivity contribution in [1.29, 1.82) is 0 Å². The largest absolute Gasteiger partial charge is 0.487 e. The molecule has 184 valence electrons. The Kier molecular flexibility index (Phi) is 4.97. The van der Waals surface area contributed by atoms with Crippen molar-refractivity contribution in [2.75, 3.05) is 26.3 Å². The SMILES string of the molecule is CC1(C)Oc2c(c3nc4ccc(C(=O)N5CCOCC5)cc4nc3c3ccccc23)C2CCCCC21. The molecule has 2 aliphatic heterocycles. The van der Waals surface area contributed by atoms with Crippen LogP contribution in [0.2, 0.25) is 0 Å². The smallest absolute Gasteiger partial charge is 0.254 e. The molecule has 36 heavy (non-hydrogen) atoms. The van der Waals surface area contributed by atoms with Gasteiger partial charge in [-0.3, -0.25) is 4.79 Å². The first-order chi connectivity index (χ1) is 17.5. The summed E-state index contributed by atoms with van der Waals surface area (Å²) in [5.41, 5.74) is 5.09. The Balaban J connectivity index is 1.46. The average molecular weight is 482 g/mol. The summed E-state index contributed by atoms with van der Waals surface area (Å²) >= 11 is 0. The molecule has 0 N–H and O–H groups in total. The molecule has 3 aliphatic rings. The lowest BCUT2D eigenvalue weighted by atomic mass is 9.66. The molecule has 3 heterocycles. The van der Waals surface area contributed by atoms with Crippen molar-refractivity contribution in [3.8, 4) is 5.75 Å². The highest BCUT2D eigenvalue weighted by atomic mass is 16.5. The van der Waals surface area contributed by atoms with E-state index in [0.29, 0.717) is 43.7 Å². The summed E-state index contributed by atoms with van der Waals surface area (Å²) in [5.74, 6) is 1.89. The first-order valence-electron chi connectivity index (χ1n) is 13.2. The minimum absolute atomic E-state index is 0.0260. The molecule has 0 bridgehead atoms. The fraction of sp³-hybridized carbons (Fsp3) is 0.433. The van der Waals surface area contributed by atoms with Gasteiger partial charge in [-0.15, -0.1) is 0 Å². The van der Waals surface area contributed by atoms with Crippen LogP contribution in [0.25, 0.3) is 32.8 Å². The molecule has 0 radical (unpaired) electrons. The van der Waals surface area contributed by atoms with Gasteiger partial charge in [0.1, 0.15) is 11.4 Å². The van der Waals surface area contributed by atoms with E-state index in [1.165, 1.54) is 24.8 Å². The number of aromatic nitrogens is 2. The van der Waals surface area contributed by atoms with E-state index in [-0.39, 0.29) is 11.5 Å². The van der Waals surface area contributed by atoms with Crippen LogP contribution in [0.4, 0.5) is 0 Å². The zero-order valence-corrected chi connectivity index (χ0v) is 20.9. The Bertz CT molecular complexity index is 1520. The van der Waals surface area contributed by atoms with E-state index in [4.69, 9.17) is 19.4 Å². The van der Waals surface area contributed by atoms with Gasteiger partial charge in [-0.2, -0.15) is 0 Å². The van der Waals surface area contributed by atoms with Gasteiger partial charge in [-0.05, 0) is 50.8 Å². The molecule has 1 amide bonds. The number of carbonyl (C=O) groups excluding carboxylic acids is 1. The molecule has 0 spiro atoms. The zero-order valence-electron chi connectivity index (χ0n) is 20.9. The Labute approximate surface area is 210 Å².